The number of fused-ring (bicyclic) bond motifs is 1. The first-order chi connectivity index (χ1) is 13.5. The number of hydrogen-bond acceptors (Lipinski definition) is 6. The molecule has 0 aliphatic heterocycles. The number of amides is 1. The molecule has 146 valence electrons. The van der Waals surface area contributed by atoms with Crippen LogP contribution in [-0.4, -0.2) is 38.2 Å². The highest BCUT2D eigenvalue weighted by molar-refractivity contribution is 9.10. The molecule has 2 N–H and O–H groups in total. The van der Waals surface area contributed by atoms with Crippen LogP contribution in [0.1, 0.15) is 25.7 Å². The number of ether oxygens (including phenoxy) is 1. The molecule has 0 spiro atoms. The summed E-state index contributed by atoms with van der Waals surface area (Å²) in [4.78, 5) is 18.9. The molecule has 28 heavy (non-hydrogen) atoms. The molecular formula is C19H20BrN5O3. The molecule has 3 aromatic rings. The lowest BCUT2D eigenvalue weighted by Crippen LogP contribution is -2.40. The second-order valence-electron chi connectivity index (χ2n) is 6.67. The molecule has 1 aliphatic rings. The zero-order valence-corrected chi connectivity index (χ0v) is 16.8. The summed E-state index contributed by atoms with van der Waals surface area (Å²) in [5.41, 5.74) is 6.55. The summed E-state index contributed by atoms with van der Waals surface area (Å²) >= 11 is 3.26. The Hall–Kier alpha value is -2.81. The van der Waals surface area contributed by atoms with Gasteiger partial charge in [-0.25, -0.2) is 9.78 Å². The van der Waals surface area contributed by atoms with Gasteiger partial charge in [-0.15, -0.1) is 11.7 Å². The lowest BCUT2D eigenvalue weighted by Gasteiger charge is -2.26. The minimum Gasteiger partial charge on any atom is -0.446 e. The number of pyridine rings is 1. The molecule has 0 radical (unpaired) electrons. The van der Waals surface area contributed by atoms with Crippen LogP contribution in [0.3, 0.4) is 0 Å². The fraction of sp³-hybridized carbons (Fsp3) is 0.316. The molecule has 1 fully saturated rings. The molecular weight excluding hydrogens is 426 g/mol. The predicted octanol–water partition coefficient (Wildman–Crippen LogP) is 4.26. The average Bonchev–Trinajstić information content (AvgIpc) is 3.39. The number of carbonyl (C=O) groups excluding carboxylic acids is 1. The first-order valence-corrected chi connectivity index (χ1v) is 9.86. The Balaban J connectivity index is 1.59. The van der Waals surface area contributed by atoms with Gasteiger partial charge in [0, 0.05) is 24.7 Å². The molecule has 3 heterocycles. The van der Waals surface area contributed by atoms with Gasteiger partial charge in [0.25, 0.3) is 0 Å². The number of furan rings is 1. The first kappa shape index (κ1) is 18.5. The second-order valence-corrected chi connectivity index (χ2v) is 7.45. The monoisotopic (exact) mass is 445 g/mol. The van der Waals surface area contributed by atoms with Crippen LogP contribution in [-0.2, 0) is 0 Å². The van der Waals surface area contributed by atoms with Crippen LogP contribution in [0.2, 0.25) is 0 Å². The number of hydrogen-bond donors (Lipinski definition) is 1. The smallest absolute Gasteiger partial charge is 0.415 e. The third-order valence-electron chi connectivity index (χ3n) is 4.76. The molecule has 0 bridgehead atoms. The van der Waals surface area contributed by atoms with Crippen molar-refractivity contribution >= 4 is 33.5 Å². The number of rotatable bonds is 5. The molecule has 8 nitrogen and oxygen atoms in total. The van der Waals surface area contributed by atoms with Crippen molar-refractivity contribution in [2.45, 2.75) is 31.7 Å². The molecule has 3 aromatic heterocycles. The number of carbonyl (C=O) groups is 1. The third kappa shape index (κ3) is 3.62. The first-order valence-electron chi connectivity index (χ1n) is 9.06. The van der Waals surface area contributed by atoms with Gasteiger partial charge in [-0.1, -0.05) is 18.9 Å². The third-order valence-corrected chi connectivity index (χ3v) is 5.19. The van der Waals surface area contributed by atoms with Gasteiger partial charge in [-0.3, -0.25) is 0 Å². The minimum atomic E-state index is -0.412. The van der Waals surface area contributed by atoms with Gasteiger partial charge in [0.15, 0.2) is 16.1 Å². The van der Waals surface area contributed by atoms with Gasteiger partial charge < -0.3 is 19.8 Å². The Kier molecular flexibility index (Phi) is 5.08. The number of halogens is 1. The van der Waals surface area contributed by atoms with Crippen molar-refractivity contribution < 1.29 is 13.9 Å². The summed E-state index contributed by atoms with van der Waals surface area (Å²) in [5, 5.41) is 4.35. The van der Waals surface area contributed by atoms with Gasteiger partial charge in [0.1, 0.15) is 11.6 Å². The summed E-state index contributed by atoms with van der Waals surface area (Å²) in [6, 6.07) is 6.88. The highest BCUT2D eigenvalue weighted by atomic mass is 79.9. The fourth-order valence-corrected chi connectivity index (χ4v) is 3.77. The van der Waals surface area contributed by atoms with E-state index in [9.17, 15) is 4.79 Å². The van der Waals surface area contributed by atoms with Crippen LogP contribution < -0.4 is 10.5 Å². The Labute approximate surface area is 170 Å². The van der Waals surface area contributed by atoms with E-state index in [1.807, 2.05) is 0 Å². The van der Waals surface area contributed by atoms with E-state index in [4.69, 9.17) is 14.9 Å². The van der Waals surface area contributed by atoms with Crippen molar-refractivity contribution in [2.24, 2.45) is 0 Å². The second kappa shape index (κ2) is 7.67. The van der Waals surface area contributed by atoms with Gasteiger partial charge in [-0.05, 0) is 40.9 Å². The van der Waals surface area contributed by atoms with E-state index < -0.39 is 6.09 Å². The number of anilines is 1. The van der Waals surface area contributed by atoms with Crippen molar-refractivity contribution in [1.82, 2.24) is 19.5 Å². The highest BCUT2D eigenvalue weighted by Crippen LogP contribution is 2.27. The molecule has 0 unspecified atom stereocenters. The molecule has 0 saturated heterocycles. The molecule has 0 atom stereocenters. The van der Waals surface area contributed by atoms with Gasteiger partial charge >= 0.3 is 6.09 Å². The van der Waals surface area contributed by atoms with Crippen LogP contribution in [0.15, 0.2) is 46.0 Å². The van der Waals surface area contributed by atoms with E-state index in [1.165, 1.54) is 4.52 Å². The number of nitrogens with two attached hydrogens (primary N) is 1. The maximum Gasteiger partial charge on any atom is 0.415 e. The zero-order chi connectivity index (χ0) is 19.7. The van der Waals surface area contributed by atoms with E-state index >= 15 is 0 Å². The molecule has 9 heteroatoms. The maximum absolute atomic E-state index is 12.7. The summed E-state index contributed by atoms with van der Waals surface area (Å²) in [5.74, 6) is 1.52. The van der Waals surface area contributed by atoms with Crippen molar-refractivity contribution in [3.8, 4) is 17.3 Å². The summed E-state index contributed by atoms with van der Waals surface area (Å²) in [7, 11) is 0. The Bertz CT molecular complexity index is 1020. The van der Waals surface area contributed by atoms with Crippen molar-refractivity contribution in [1.29, 1.82) is 0 Å². The summed E-state index contributed by atoms with van der Waals surface area (Å²) in [6.45, 7) is 4.19. The average molecular weight is 446 g/mol. The van der Waals surface area contributed by atoms with Crippen molar-refractivity contribution in [2.75, 3.05) is 12.3 Å². The van der Waals surface area contributed by atoms with Crippen LogP contribution in [0.25, 0.3) is 17.2 Å². The topological polar surface area (TPSA) is 98.9 Å². The molecule has 1 saturated carbocycles. The lowest BCUT2D eigenvalue weighted by atomic mass is 10.2. The highest BCUT2D eigenvalue weighted by Gasteiger charge is 2.27. The fourth-order valence-electron chi connectivity index (χ4n) is 3.47. The molecule has 1 aliphatic carbocycles. The number of aromatic nitrogens is 3. The predicted molar refractivity (Wildman–Crippen MR) is 108 cm³/mol. The van der Waals surface area contributed by atoms with E-state index in [0.717, 1.165) is 25.7 Å². The van der Waals surface area contributed by atoms with Crippen molar-refractivity contribution in [3.05, 3.63) is 41.6 Å². The molecule has 4 rings (SSSR count). The molecule has 0 aromatic carbocycles. The van der Waals surface area contributed by atoms with E-state index in [-0.39, 0.29) is 6.04 Å². The van der Waals surface area contributed by atoms with Crippen LogP contribution in [0.4, 0.5) is 10.6 Å². The molecule has 1 amide bonds. The SMILES string of the molecule is C=CCN(C(=O)Oc1cc(N)n2nc(-c3ccc(Br)o3)nc2c1)C1CCCC1. The quantitative estimate of drug-likeness (QED) is 0.588. The van der Waals surface area contributed by atoms with Crippen LogP contribution >= 0.6 is 15.9 Å². The maximum atomic E-state index is 12.7. The lowest BCUT2D eigenvalue weighted by molar-refractivity contribution is 0.138. The van der Waals surface area contributed by atoms with Gasteiger partial charge in [0.05, 0.1) is 0 Å². The Morgan fingerprint density at radius 3 is 2.89 bits per heavy atom. The van der Waals surface area contributed by atoms with Crippen molar-refractivity contribution in [3.63, 3.8) is 0 Å². The summed E-state index contributed by atoms with van der Waals surface area (Å²) < 4.78 is 13.1. The van der Waals surface area contributed by atoms with Crippen LogP contribution in [0.5, 0.6) is 5.75 Å². The minimum absolute atomic E-state index is 0.184. The van der Waals surface area contributed by atoms with E-state index in [1.54, 1.807) is 35.2 Å². The van der Waals surface area contributed by atoms with Crippen LogP contribution in [0, 0.1) is 0 Å². The zero-order valence-electron chi connectivity index (χ0n) is 15.2. The Morgan fingerprint density at radius 2 is 2.21 bits per heavy atom. The van der Waals surface area contributed by atoms with E-state index in [2.05, 4.69) is 32.6 Å². The Morgan fingerprint density at radius 1 is 1.43 bits per heavy atom. The van der Waals surface area contributed by atoms with Gasteiger partial charge in [0.2, 0.25) is 5.82 Å². The number of nitrogens with zero attached hydrogens (tertiary/aromatic N) is 4. The summed E-state index contributed by atoms with van der Waals surface area (Å²) in [6.07, 6.45) is 5.51. The largest absolute Gasteiger partial charge is 0.446 e. The standard InChI is InChI=1S/C19H20BrN5O3/c1-2-9-24(12-5-3-4-6-12)19(26)27-13-10-16(21)25-17(11-13)22-18(23-25)14-7-8-15(20)28-14/h2,7-8,10-12H,1,3-6,9,21H2. The van der Waals surface area contributed by atoms with Gasteiger partial charge in [-0.2, -0.15) is 4.52 Å². The number of nitrogen functional groups attached to an aromatic ring is 1. The van der Waals surface area contributed by atoms with E-state index in [0.29, 0.717) is 40.0 Å². The normalized spacial score (nSPS) is 14.5.